The first kappa shape index (κ1) is 27.4. The second-order valence-electron chi connectivity index (χ2n) is 9.33. The van der Waals surface area contributed by atoms with Gasteiger partial charge < -0.3 is 24.2 Å². The zero-order valence-electron chi connectivity index (χ0n) is 20.1. The summed E-state index contributed by atoms with van der Waals surface area (Å²) in [5.74, 6) is -2.68. The first-order valence-corrected chi connectivity index (χ1v) is 11.7. The first-order chi connectivity index (χ1) is 16.5. The number of benzene rings is 1. The van der Waals surface area contributed by atoms with Gasteiger partial charge in [-0.1, -0.05) is 17.2 Å². The minimum Gasteiger partial charge on any atom is -0.475 e. The molecule has 0 aromatic heterocycles. The van der Waals surface area contributed by atoms with E-state index in [1.165, 1.54) is 0 Å². The average molecular weight is 503 g/mol. The Morgan fingerprint density at radius 3 is 2.26 bits per heavy atom. The van der Waals surface area contributed by atoms with Gasteiger partial charge in [0, 0.05) is 31.7 Å². The lowest BCUT2D eigenvalue weighted by Gasteiger charge is -2.33. The summed E-state index contributed by atoms with van der Waals surface area (Å²) in [6, 6.07) is 6.05. The van der Waals surface area contributed by atoms with E-state index in [0.717, 1.165) is 62.4 Å². The monoisotopic (exact) mass is 502 g/mol. The molecule has 4 rings (SSSR count). The first-order valence-electron chi connectivity index (χ1n) is 11.7. The topological polar surface area (TPSA) is 88.5 Å². The molecule has 2 atom stereocenters. The molecular formula is C24H33F3N2O6. The Balaban J connectivity index is 0.000000429. The van der Waals surface area contributed by atoms with E-state index in [1.807, 2.05) is 30.9 Å². The number of carbonyl (C=O) groups is 2. The van der Waals surface area contributed by atoms with E-state index in [1.54, 1.807) is 0 Å². The number of hydrogen-bond donors (Lipinski definition) is 1. The Hall–Kier alpha value is -2.21. The molecule has 0 unspecified atom stereocenters. The van der Waals surface area contributed by atoms with Gasteiger partial charge in [0.2, 0.25) is 0 Å². The van der Waals surface area contributed by atoms with E-state index in [2.05, 4.69) is 11.0 Å². The second-order valence-corrected chi connectivity index (χ2v) is 9.33. The molecular weight excluding hydrogens is 469 g/mol. The summed E-state index contributed by atoms with van der Waals surface area (Å²) < 4.78 is 49.6. The number of amides is 1. The van der Waals surface area contributed by atoms with E-state index in [-0.39, 0.29) is 17.6 Å². The number of aliphatic carboxylic acids is 1. The van der Waals surface area contributed by atoms with Crippen LogP contribution in [0.1, 0.15) is 34.3 Å². The van der Waals surface area contributed by atoms with Gasteiger partial charge in [-0.2, -0.15) is 13.2 Å². The van der Waals surface area contributed by atoms with Crippen LogP contribution in [-0.2, 0) is 19.0 Å². The van der Waals surface area contributed by atoms with Crippen molar-refractivity contribution in [3.63, 3.8) is 0 Å². The Bertz CT molecular complexity index is 870. The molecule has 1 amide bonds. The third-order valence-corrected chi connectivity index (χ3v) is 6.25. The number of aryl methyl sites for hydroxylation is 2. The highest BCUT2D eigenvalue weighted by Gasteiger charge is 2.44. The molecule has 1 aromatic rings. The molecule has 196 valence electrons. The lowest BCUT2D eigenvalue weighted by atomic mass is 9.99. The molecule has 0 aliphatic carbocycles. The van der Waals surface area contributed by atoms with Crippen LogP contribution in [0.2, 0.25) is 0 Å². The van der Waals surface area contributed by atoms with Crippen molar-refractivity contribution in [2.75, 3.05) is 59.2 Å². The van der Waals surface area contributed by atoms with Gasteiger partial charge >= 0.3 is 12.1 Å². The van der Waals surface area contributed by atoms with Crippen molar-refractivity contribution < 1.29 is 42.1 Å². The van der Waals surface area contributed by atoms with Gasteiger partial charge in [-0.15, -0.1) is 0 Å². The quantitative estimate of drug-likeness (QED) is 0.680. The number of carbonyl (C=O) groups excluding carboxylic acids is 1. The number of ether oxygens (including phenoxy) is 3. The van der Waals surface area contributed by atoms with Gasteiger partial charge in [0.25, 0.3) is 5.91 Å². The maximum atomic E-state index is 13.2. The summed E-state index contributed by atoms with van der Waals surface area (Å²) >= 11 is 0. The standard InChI is InChI=1S/C22H32N2O4.C2HF3O2/c1-17-11-18(2)13-19(12-17)21(25)24-7-10-27-16-22(15-24)4-3-20(28-22)14-23-5-8-26-9-6-23;3-2(4,5)1(6)7/h11-13,20H,3-10,14-16H2,1-2H3;(H,6,7)/t20-,22-;/m0./s1. The van der Waals surface area contributed by atoms with Gasteiger partial charge in [-0.25, -0.2) is 4.79 Å². The summed E-state index contributed by atoms with van der Waals surface area (Å²) in [6.07, 6.45) is -2.91. The van der Waals surface area contributed by atoms with Crippen LogP contribution in [0.5, 0.6) is 0 Å². The molecule has 3 aliphatic heterocycles. The number of nitrogens with zero attached hydrogens (tertiary/aromatic N) is 2. The van der Waals surface area contributed by atoms with Crippen LogP contribution >= 0.6 is 0 Å². The molecule has 0 bridgehead atoms. The maximum absolute atomic E-state index is 13.2. The van der Waals surface area contributed by atoms with Crippen LogP contribution in [0, 0.1) is 13.8 Å². The van der Waals surface area contributed by atoms with Gasteiger partial charge in [0.1, 0.15) is 5.60 Å². The third-order valence-electron chi connectivity index (χ3n) is 6.25. The lowest BCUT2D eigenvalue weighted by molar-refractivity contribution is -0.192. The van der Waals surface area contributed by atoms with E-state index >= 15 is 0 Å². The van der Waals surface area contributed by atoms with Crippen molar-refractivity contribution in [3.05, 3.63) is 34.9 Å². The lowest BCUT2D eigenvalue weighted by Crippen LogP contribution is -2.48. The summed E-state index contributed by atoms with van der Waals surface area (Å²) in [6.45, 7) is 10.9. The van der Waals surface area contributed by atoms with Gasteiger partial charge in [-0.05, 0) is 38.8 Å². The van der Waals surface area contributed by atoms with Crippen LogP contribution in [0.25, 0.3) is 0 Å². The van der Waals surface area contributed by atoms with Crippen LogP contribution in [-0.4, -0.2) is 104 Å². The molecule has 3 heterocycles. The molecule has 35 heavy (non-hydrogen) atoms. The predicted octanol–water partition coefficient (Wildman–Crippen LogP) is 2.66. The number of carboxylic acids is 1. The molecule has 1 spiro atoms. The number of morpholine rings is 1. The molecule has 1 aromatic carbocycles. The number of carboxylic acid groups (broad SMARTS) is 1. The largest absolute Gasteiger partial charge is 0.490 e. The van der Waals surface area contributed by atoms with Crippen LogP contribution in [0.3, 0.4) is 0 Å². The fraction of sp³-hybridized carbons (Fsp3) is 0.667. The zero-order chi connectivity index (χ0) is 25.6. The van der Waals surface area contributed by atoms with Crippen molar-refractivity contribution >= 4 is 11.9 Å². The number of halogens is 3. The summed E-state index contributed by atoms with van der Waals surface area (Å²) in [5.41, 5.74) is 2.62. The Morgan fingerprint density at radius 1 is 1.06 bits per heavy atom. The minimum absolute atomic E-state index is 0.0805. The van der Waals surface area contributed by atoms with E-state index in [9.17, 15) is 18.0 Å². The number of rotatable bonds is 3. The molecule has 3 aliphatic rings. The van der Waals surface area contributed by atoms with Gasteiger partial charge in [-0.3, -0.25) is 9.69 Å². The van der Waals surface area contributed by atoms with Crippen molar-refractivity contribution in [1.29, 1.82) is 0 Å². The predicted molar refractivity (Wildman–Crippen MR) is 120 cm³/mol. The Morgan fingerprint density at radius 2 is 1.66 bits per heavy atom. The van der Waals surface area contributed by atoms with Crippen LogP contribution in [0.15, 0.2) is 18.2 Å². The zero-order valence-corrected chi connectivity index (χ0v) is 20.1. The van der Waals surface area contributed by atoms with Crippen LogP contribution in [0.4, 0.5) is 13.2 Å². The number of alkyl halides is 3. The Labute approximate surface area is 202 Å². The number of hydrogen-bond acceptors (Lipinski definition) is 6. The van der Waals surface area contributed by atoms with Crippen molar-refractivity contribution in [3.8, 4) is 0 Å². The SMILES string of the molecule is Cc1cc(C)cc(C(=O)N2CCOC[C@]3(CC[C@@H](CN4CCOCC4)O3)C2)c1.O=C(O)C(F)(F)F. The van der Waals surface area contributed by atoms with Crippen molar-refractivity contribution in [2.45, 2.75) is 44.6 Å². The highest BCUT2D eigenvalue weighted by atomic mass is 19.4. The van der Waals surface area contributed by atoms with E-state index in [0.29, 0.717) is 26.3 Å². The highest BCUT2D eigenvalue weighted by molar-refractivity contribution is 5.94. The molecule has 3 fully saturated rings. The van der Waals surface area contributed by atoms with Gasteiger partial charge in [0.05, 0.1) is 39.1 Å². The fourth-order valence-corrected chi connectivity index (χ4v) is 4.68. The van der Waals surface area contributed by atoms with Crippen LogP contribution < -0.4 is 0 Å². The molecule has 1 N–H and O–H groups in total. The average Bonchev–Trinajstić information content (AvgIpc) is 3.04. The summed E-state index contributed by atoms with van der Waals surface area (Å²) in [5, 5.41) is 7.12. The van der Waals surface area contributed by atoms with Crippen molar-refractivity contribution in [2.24, 2.45) is 0 Å². The molecule has 11 heteroatoms. The highest BCUT2D eigenvalue weighted by Crippen LogP contribution is 2.34. The summed E-state index contributed by atoms with van der Waals surface area (Å²) in [7, 11) is 0. The smallest absolute Gasteiger partial charge is 0.475 e. The second kappa shape index (κ2) is 11.7. The Kier molecular flexibility index (Phi) is 9.14. The van der Waals surface area contributed by atoms with Crippen molar-refractivity contribution in [1.82, 2.24) is 9.80 Å². The molecule has 0 saturated carbocycles. The van der Waals surface area contributed by atoms with Gasteiger partial charge in [0.15, 0.2) is 0 Å². The van der Waals surface area contributed by atoms with E-state index in [4.69, 9.17) is 24.1 Å². The maximum Gasteiger partial charge on any atom is 0.490 e. The normalized spacial score (nSPS) is 25.6. The molecule has 8 nitrogen and oxygen atoms in total. The summed E-state index contributed by atoms with van der Waals surface area (Å²) in [4.78, 5) is 26.4. The molecule has 3 saturated heterocycles. The fourth-order valence-electron chi connectivity index (χ4n) is 4.68. The molecule has 0 radical (unpaired) electrons. The minimum atomic E-state index is -5.08. The van der Waals surface area contributed by atoms with E-state index < -0.39 is 12.1 Å². The third kappa shape index (κ3) is 7.89.